The lowest BCUT2D eigenvalue weighted by atomic mass is 9.93. The summed E-state index contributed by atoms with van der Waals surface area (Å²) in [5.41, 5.74) is 2.79. The number of rotatable bonds is 6. The monoisotopic (exact) mass is 451 g/mol. The SMILES string of the molecule is C=NC(=NC)N/C(=C\C)NC1CCC(Oc2cc(N3CCOCC3)cc3nccnc23)CC1. The molecular weight excluding hydrogens is 418 g/mol. The standard InChI is InChI=1S/C24H33N7O2/c1-4-22(30-24(25-2)26-3)29-17-5-7-19(8-6-17)33-21-16-18(31-11-13-32-14-12-31)15-20-23(21)28-10-9-27-20/h4,9-10,15-17,19,29H,2,5-8,11-14H2,1,3H3,(H,26,30)/b22-4-. The lowest BCUT2D eigenvalue weighted by Gasteiger charge is -2.32. The normalized spacial score (nSPS) is 22.2. The zero-order valence-corrected chi connectivity index (χ0v) is 19.5. The van der Waals surface area contributed by atoms with Gasteiger partial charge in [0.15, 0.2) is 0 Å². The van der Waals surface area contributed by atoms with Crippen LogP contribution in [0.3, 0.4) is 0 Å². The van der Waals surface area contributed by atoms with Crippen LogP contribution in [0.1, 0.15) is 32.6 Å². The number of guanidine groups is 1. The topological polar surface area (TPSA) is 96.3 Å². The Balaban J connectivity index is 1.41. The molecule has 1 aliphatic heterocycles. The number of ether oxygens (including phenoxy) is 2. The van der Waals surface area contributed by atoms with Gasteiger partial charge in [-0.15, -0.1) is 0 Å². The fraction of sp³-hybridized carbons (Fsp3) is 0.500. The molecule has 9 heteroatoms. The molecule has 9 nitrogen and oxygen atoms in total. The maximum absolute atomic E-state index is 6.52. The van der Waals surface area contributed by atoms with Gasteiger partial charge in [-0.3, -0.25) is 9.98 Å². The van der Waals surface area contributed by atoms with Crippen LogP contribution in [-0.2, 0) is 4.74 Å². The van der Waals surface area contributed by atoms with E-state index < -0.39 is 0 Å². The van der Waals surface area contributed by atoms with E-state index in [9.17, 15) is 0 Å². The van der Waals surface area contributed by atoms with Gasteiger partial charge in [-0.1, -0.05) is 0 Å². The van der Waals surface area contributed by atoms with Crippen LogP contribution in [0, 0.1) is 0 Å². The van der Waals surface area contributed by atoms with Gasteiger partial charge in [-0.25, -0.2) is 9.98 Å². The predicted octanol–water partition coefficient (Wildman–Crippen LogP) is 2.88. The average Bonchev–Trinajstić information content (AvgIpc) is 2.88. The van der Waals surface area contributed by atoms with Crippen LogP contribution in [0.4, 0.5) is 5.69 Å². The van der Waals surface area contributed by atoms with Gasteiger partial charge >= 0.3 is 0 Å². The van der Waals surface area contributed by atoms with Gasteiger partial charge in [0.05, 0.1) is 24.8 Å². The molecule has 4 rings (SSSR count). The van der Waals surface area contributed by atoms with E-state index in [4.69, 9.17) is 9.47 Å². The summed E-state index contributed by atoms with van der Waals surface area (Å²) in [4.78, 5) is 19.4. The first-order chi connectivity index (χ1) is 16.2. The van der Waals surface area contributed by atoms with Crippen molar-refractivity contribution >= 4 is 29.4 Å². The Hall–Kier alpha value is -3.20. The molecule has 0 bridgehead atoms. The summed E-state index contributed by atoms with van der Waals surface area (Å²) in [6, 6.07) is 4.57. The highest BCUT2D eigenvalue weighted by Gasteiger charge is 2.24. The Morgan fingerprint density at radius 3 is 2.64 bits per heavy atom. The summed E-state index contributed by atoms with van der Waals surface area (Å²) in [5, 5.41) is 6.73. The third-order valence-electron chi connectivity index (χ3n) is 6.12. The molecule has 0 radical (unpaired) electrons. The summed E-state index contributed by atoms with van der Waals surface area (Å²) in [6.07, 6.45) is 9.54. The number of hydrogen-bond donors (Lipinski definition) is 2. The second-order valence-corrected chi connectivity index (χ2v) is 8.24. The molecule has 1 aliphatic carbocycles. The highest BCUT2D eigenvalue weighted by atomic mass is 16.5. The number of morpholine rings is 1. The summed E-state index contributed by atoms with van der Waals surface area (Å²) >= 11 is 0. The van der Waals surface area contributed by atoms with Crippen LogP contribution in [0.2, 0.25) is 0 Å². The minimum absolute atomic E-state index is 0.151. The summed E-state index contributed by atoms with van der Waals surface area (Å²) < 4.78 is 12.0. The molecule has 2 heterocycles. The van der Waals surface area contributed by atoms with Crippen LogP contribution in [0.25, 0.3) is 11.0 Å². The van der Waals surface area contributed by atoms with Crippen molar-refractivity contribution in [1.29, 1.82) is 0 Å². The van der Waals surface area contributed by atoms with Crippen LogP contribution >= 0.6 is 0 Å². The first-order valence-corrected chi connectivity index (χ1v) is 11.6. The molecule has 2 fully saturated rings. The second-order valence-electron chi connectivity index (χ2n) is 8.24. The van der Waals surface area contributed by atoms with E-state index in [1.54, 1.807) is 19.4 Å². The van der Waals surface area contributed by atoms with Crippen molar-refractivity contribution in [3.8, 4) is 5.75 Å². The van der Waals surface area contributed by atoms with Gasteiger partial charge in [0.25, 0.3) is 0 Å². The van der Waals surface area contributed by atoms with Crippen LogP contribution in [0.15, 0.2) is 46.4 Å². The van der Waals surface area contributed by atoms with Crippen molar-refractivity contribution < 1.29 is 9.47 Å². The Kier molecular flexibility index (Phi) is 7.72. The molecule has 176 valence electrons. The smallest absolute Gasteiger partial charge is 0.222 e. The number of anilines is 1. The largest absolute Gasteiger partial charge is 0.488 e. The second kappa shape index (κ2) is 11.1. The summed E-state index contributed by atoms with van der Waals surface area (Å²) in [7, 11) is 1.69. The van der Waals surface area contributed by atoms with Gasteiger partial charge in [-0.05, 0) is 51.5 Å². The number of aromatic nitrogens is 2. The minimum atomic E-state index is 0.151. The van der Waals surface area contributed by atoms with Crippen molar-refractivity contribution in [3.63, 3.8) is 0 Å². The predicted molar refractivity (Wildman–Crippen MR) is 132 cm³/mol. The van der Waals surface area contributed by atoms with Gasteiger partial charge < -0.3 is 25.0 Å². The van der Waals surface area contributed by atoms with Crippen molar-refractivity contribution in [3.05, 3.63) is 36.4 Å². The number of allylic oxidation sites excluding steroid dienone is 1. The number of nitrogens with one attached hydrogen (secondary N) is 2. The molecule has 1 aromatic carbocycles. The average molecular weight is 452 g/mol. The van der Waals surface area contributed by atoms with Gasteiger partial charge in [0.1, 0.15) is 17.1 Å². The quantitative estimate of drug-likeness (QED) is 0.515. The van der Waals surface area contributed by atoms with Crippen LogP contribution in [0.5, 0.6) is 5.75 Å². The minimum Gasteiger partial charge on any atom is -0.488 e. The number of fused-ring (bicyclic) bond motifs is 1. The Labute approximate surface area is 195 Å². The van der Waals surface area contributed by atoms with Crippen LogP contribution in [-0.4, -0.2) is 68.1 Å². The molecule has 1 aromatic heterocycles. The molecule has 33 heavy (non-hydrogen) atoms. The van der Waals surface area contributed by atoms with Crippen LogP contribution < -0.4 is 20.3 Å². The first-order valence-electron chi connectivity index (χ1n) is 11.6. The van der Waals surface area contributed by atoms with E-state index in [2.05, 4.69) is 54.3 Å². The summed E-state index contributed by atoms with van der Waals surface area (Å²) in [6.45, 7) is 8.74. The van der Waals surface area contributed by atoms with E-state index in [1.807, 2.05) is 13.0 Å². The maximum Gasteiger partial charge on any atom is 0.222 e. The molecule has 2 aliphatic rings. The lowest BCUT2D eigenvalue weighted by Crippen LogP contribution is -2.40. The van der Waals surface area contributed by atoms with E-state index >= 15 is 0 Å². The number of hydrogen-bond acceptors (Lipinski definition) is 7. The number of nitrogens with zero attached hydrogens (tertiary/aromatic N) is 5. The van der Waals surface area contributed by atoms with E-state index in [1.165, 1.54) is 0 Å². The summed E-state index contributed by atoms with van der Waals surface area (Å²) in [5.74, 6) is 2.21. The van der Waals surface area contributed by atoms with Crippen molar-refractivity contribution in [2.24, 2.45) is 9.98 Å². The molecule has 1 saturated heterocycles. The number of aliphatic imine (C=N–C) groups is 2. The third kappa shape index (κ3) is 5.78. The van der Waals surface area contributed by atoms with Gasteiger partial charge in [-0.2, -0.15) is 0 Å². The lowest BCUT2D eigenvalue weighted by molar-refractivity contribution is 0.122. The third-order valence-corrected chi connectivity index (χ3v) is 6.12. The van der Waals surface area contributed by atoms with E-state index in [-0.39, 0.29) is 6.10 Å². The molecule has 2 N–H and O–H groups in total. The van der Waals surface area contributed by atoms with Gasteiger partial charge in [0, 0.05) is 50.3 Å². The maximum atomic E-state index is 6.52. The molecule has 2 aromatic rings. The van der Waals surface area contributed by atoms with E-state index in [0.717, 1.165) is 80.3 Å². The highest BCUT2D eigenvalue weighted by Crippen LogP contribution is 2.33. The number of benzene rings is 1. The fourth-order valence-corrected chi connectivity index (χ4v) is 4.33. The molecule has 0 amide bonds. The Morgan fingerprint density at radius 1 is 1.18 bits per heavy atom. The Bertz CT molecular complexity index is 1010. The molecule has 1 saturated carbocycles. The Morgan fingerprint density at radius 2 is 1.94 bits per heavy atom. The fourth-order valence-electron chi connectivity index (χ4n) is 4.33. The van der Waals surface area contributed by atoms with Crippen molar-refractivity contribution in [1.82, 2.24) is 20.6 Å². The van der Waals surface area contributed by atoms with E-state index in [0.29, 0.717) is 12.0 Å². The molecule has 0 unspecified atom stereocenters. The zero-order chi connectivity index (χ0) is 23.0. The highest BCUT2D eigenvalue weighted by molar-refractivity contribution is 5.85. The molecular formula is C24H33N7O2. The first kappa shape index (κ1) is 23.0. The van der Waals surface area contributed by atoms with Crippen molar-refractivity contribution in [2.45, 2.75) is 44.8 Å². The molecule has 0 atom stereocenters. The van der Waals surface area contributed by atoms with Crippen molar-refractivity contribution in [2.75, 3.05) is 38.3 Å². The molecule has 0 spiro atoms. The van der Waals surface area contributed by atoms with Gasteiger partial charge in [0.2, 0.25) is 5.96 Å². The zero-order valence-electron chi connectivity index (χ0n) is 19.5.